The average Bonchev–Trinajstić information content (AvgIpc) is 2.97. The van der Waals surface area contributed by atoms with E-state index in [1.807, 2.05) is 26.0 Å². The van der Waals surface area contributed by atoms with E-state index in [-0.39, 0.29) is 11.6 Å². The summed E-state index contributed by atoms with van der Waals surface area (Å²) >= 11 is 0. The lowest BCUT2D eigenvalue weighted by molar-refractivity contribution is 0.101. The molecular formula is C16H14N4O2. The van der Waals surface area contributed by atoms with E-state index < -0.39 is 0 Å². The van der Waals surface area contributed by atoms with Crippen LogP contribution in [0.2, 0.25) is 0 Å². The van der Waals surface area contributed by atoms with Crippen LogP contribution in [0.4, 0.5) is 5.82 Å². The van der Waals surface area contributed by atoms with Gasteiger partial charge in [0.2, 0.25) is 0 Å². The molecule has 22 heavy (non-hydrogen) atoms. The highest BCUT2D eigenvalue weighted by Crippen LogP contribution is 2.19. The SMILES string of the molecule is Cc1cc(C)nc(NC(=O)c2cc(-c3cccnc3)on2)c1. The highest BCUT2D eigenvalue weighted by atomic mass is 16.5. The molecule has 0 spiro atoms. The van der Waals surface area contributed by atoms with Gasteiger partial charge in [-0.25, -0.2) is 4.98 Å². The summed E-state index contributed by atoms with van der Waals surface area (Å²) < 4.78 is 5.19. The summed E-state index contributed by atoms with van der Waals surface area (Å²) in [6.07, 6.45) is 3.31. The van der Waals surface area contributed by atoms with Gasteiger partial charge in [0.25, 0.3) is 5.91 Å². The van der Waals surface area contributed by atoms with Crippen molar-refractivity contribution in [3.05, 3.63) is 59.7 Å². The summed E-state index contributed by atoms with van der Waals surface area (Å²) in [7, 11) is 0. The van der Waals surface area contributed by atoms with Crippen LogP contribution >= 0.6 is 0 Å². The fourth-order valence-corrected chi connectivity index (χ4v) is 2.11. The van der Waals surface area contributed by atoms with Gasteiger partial charge in [-0.05, 0) is 43.7 Å². The van der Waals surface area contributed by atoms with Gasteiger partial charge in [0, 0.05) is 29.7 Å². The summed E-state index contributed by atoms with van der Waals surface area (Å²) in [5, 5.41) is 6.51. The van der Waals surface area contributed by atoms with Gasteiger partial charge >= 0.3 is 0 Å². The zero-order valence-corrected chi connectivity index (χ0v) is 12.2. The second kappa shape index (κ2) is 5.77. The Labute approximate surface area is 127 Å². The van der Waals surface area contributed by atoms with E-state index in [9.17, 15) is 4.79 Å². The number of nitrogens with one attached hydrogen (secondary N) is 1. The summed E-state index contributed by atoms with van der Waals surface area (Å²) in [5.41, 5.74) is 2.82. The molecule has 0 bridgehead atoms. The number of aryl methyl sites for hydroxylation is 2. The Hall–Kier alpha value is -3.02. The lowest BCUT2D eigenvalue weighted by Gasteiger charge is -2.04. The molecular weight excluding hydrogens is 280 g/mol. The predicted molar refractivity (Wildman–Crippen MR) is 81.4 cm³/mol. The van der Waals surface area contributed by atoms with Crippen LogP contribution in [-0.4, -0.2) is 21.0 Å². The second-order valence-corrected chi connectivity index (χ2v) is 4.94. The van der Waals surface area contributed by atoms with Crippen molar-refractivity contribution < 1.29 is 9.32 Å². The molecule has 0 radical (unpaired) electrons. The molecule has 0 aliphatic carbocycles. The molecule has 0 aliphatic rings. The van der Waals surface area contributed by atoms with Crippen LogP contribution in [0.25, 0.3) is 11.3 Å². The molecule has 0 atom stereocenters. The van der Waals surface area contributed by atoms with E-state index in [0.717, 1.165) is 16.8 Å². The Morgan fingerprint density at radius 3 is 2.82 bits per heavy atom. The minimum Gasteiger partial charge on any atom is -0.355 e. The molecule has 1 amide bonds. The lowest BCUT2D eigenvalue weighted by Crippen LogP contribution is -2.13. The van der Waals surface area contributed by atoms with Crippen molar-refractivity contribution in [2.24, 2.45) is 0 Å². The first-order valence-electron chi connectivity index (χ1n) is 6.75. The van der Waals surface area contributed by atoms with E-state index >= 15 is 0 Å². The normalized spacial score (nSPS) is 10.5. The fourth-order valence-electron chi connectivity index (χ4n) is 2.11. The van der Waals surface area contributed by atoms with Gasteiger partial charge in [-0.3, -0.25) is 9.78 Å². The maximum atomic E-state index is 12.2. The first-order valence-corrected chi connectivity index (χ1v) is 6.75. The standard InChI is InChI=1S/C16H14N4O2/c1-10-6-11(2)18-15(7-10)19-16(21)13-8-14(22-20-13)12-4-3-5-17-9-12/h3-9H,1-2H3,(H,18,19,21). The van der Waals surface area contributed by atoms with E-state index in [4.69, 9.17) is 4.52 Å². The molecule has 3 aromatic heterocycles. The number of hydrogen-bond donors (Lipinski definition) is 1. The van der Waals surface area contributed by atoms with Crippen molar-refractivity contribution in [1.82, 2.24) is 15.1 Å². The predicted octanol–water partition coefficient (Wildman–Crippen LogP) is 3.00. The molecule has 0 fully saturated rings. The van der Waals surface area contributed by atoms with Gasteiger partial charge in [-0.2, -0.15) is 0 Å². The number of carbonyl (C=O) groups is 1. The third kappa shape index (κ3) is 3.01. The van der Waals surface area contributed by atoms with Crippen LogP contribution in [0.3, 0.4) is 0 Å². The van der Waals surface area contributed by atoms with Crippen molar-refractivity contribution in [1.29, 1.82) is 0 Å². The molecule has 0 aliphatic heterocycles. The van der Waals surface area contributed by atoms with Crippen molar-refractivity contribution in [2.45, 2.75) is 13.8 Å². The number of pyridine rings is 2. The van der Waals surface area contributed by atoms with Crippen LogP contribution in [0, 0.1) is 13.8 Å². The zero-order chi connectivity index (χ0) is 15.5. The van der Waals surface area contributed by atoms with Crippen LogP contribution in [0.5, 0.6) is 0 Å². The first-order chi connectivity index (χ1) is 10.6. The van der Waals surface area contributed by atoms with Crippen molar-refractivity contribution in [3.8, 4) is 11.3 Å². The van der Waals surface area contributed by atoms with Crippen molar-refractivity contribution in [3.63, 3.8) is 0 Å². The fraction of sp³-hybridized carbons (Fsp3) is 0.125. The van der Waals surface area contributed by atoms with Gasteiger partial charge < -0.3 is 9.84 Å². The maximum absolute atomic E-state index is 12.2. The molecule has 110 valence electrons. The Bertz CT molecular complexity index is 792. The molecule has 0 saturated heterocycles. The molecule has 0 unspecified atom stereocenters. The summed E-state index contributed by atoms with van der Waals surface area (Å²) in [4.78, 5) is 20.5. The molecule has 3 aromatic rings. The third-order valence-corrected chi connectivity index (χ3v) is 3.03. The molecule has 0 saturated carbocycles. The van der Waals surface area contributed by atoms with Gasteiger partial charge in [-0.1, -0.05) is 5.16 Å². The molecule has 3 rings (SSSR count). The summed E-state index contributed by atoms with van der Waals surface area (Å²) in [6, 6.07) is 8.94. The Balaban J connectivity index is 1.80. The zero-order valence-electron chi connectivity index (χ0n) is 12.2. The van der Waals surface area contributed by atoms with Crippen molar-refractivity contribution >= 4 is 11.7 Å². The highest BCUT2D eigenvalue weighted by Gasteiger charge is 2.14. The number of amides is 1. The molecule has 0 aromatic carbocycles. The third-order valence-electron chi connectivity index (χ3n) is 3.03. The quantitative estimate of drug-likeness (QED) is 0.803. The smallest absolute Gasteiger partial charge is 0.279 e. The lowest BCUT2D eigenvalue weighted by atomic mass is 10.2. The van der Waals surface area contributed by atoms with Crippen LogP contribution in [-0.2, 0) is 0 Å². The molecule has 6 nitrogen and oxygen atoms in total. The molecule has 6 heteroatoms. The van der Waals surface area contributed by atoms with E-state index in [2.05, 4.69) is 20.4 Å². The van der Waals surface area contributed by atoms with E-state index in [0.29, 0.717) is 11.6 Å². The molecule has 1 N–H and O–H groups in total. The average molecular weight is 294 g/mol. The van der Waals surface area contributed by atoms with Gasteiger partial charge in [0.05, 0.1) is 0 Å². The van der Waals surface area contributed by atoms with Gasteiger partial charge in [-0.15, -0.1) is 0 Å². The highest BCUT2D eigenvalue weighted by molar-refractivity contribution is 6.02. The first kappa shape index (κ1) is 13.9. The Morgan fingerprint density at radius 1 is 1.23 bits per heavy atom. The minimum absolute atomic E-state index is 0.194. The number of rotatable bonds is 3. The number of nitrogens with zero attached hydrogens (tertiary/aromatic N) is 3. The molecule has 3 heterocycles. The Kier molecular flexibility index (Phi) is 3.65. The number of hydrogen-bond acceptors (Lipinski definition) is 5. The van der Waals surface area contributed by atoms with E-state index in [1.54, 1.807) is 30.6 Å². The van der Waals surface area contributed by atoms with E-state index in [1.165, 1.54) is 0 Å². The van der Waals surface area contributed by atoms with Crippen LogP contribution < -0.4 is 5.32 Å². The van der Waals surface area contributed by atoms with Crippen LogP contribution in [0.1, 0.15) is 21.7 Å². The monoisotopic (exact) mass is 294 g/mol. The van der Waals surface area contributed by atoms with Gasteiger partial charge in [0.15, 0.2) is 11.5 Å². The summed E-state index contributed by atoms with van der Waals surface area (Å²) in [5.74, 6) is 0.622. The van der Waals surface area contributed by atoms with Crippen LogP contribution in [0.15, 0.2) is 47.2 Å². The van der Waals surface area contributed by atoms with Crippen molar-refractivity contribution in [2.75, 3.05) is 5.32 Å². The second-order valence-electron chi connectivity index (χ2n) is 4.94. The topological polar surface area (TPSA) is 80.9 Å². The van der Waals surface area contributed by atoms with Gasteiger partial charge in [0.1, 0.15) is 5.82 Å². The number of aromatic nitrogens is 3. The Morgan fingerprint density at radius 2 is 2.09 bits per heavy atom. The largest absolute Gasteiger partial charge is 0.355 e. The maximum Gasteiger partial charge on any atom is 0.279 e. The summed E-state index contributed by atoms with van der Waals surface area (Å²) in [6.45, 7) is 3.82. The number of anilines is 1. The minimum atomic E-state index is -0.364. The number of carbonyl (C=O) groups excluding carboxylic acids is 1.